The van der Waals surface area contributed by atoms with E-state index in [9.17, 15) is 19.5 Å². The molecular formula is C37H48N6O6S. The van der Waals surface area contributed by atoms with Gasteiger partial charge in [-0.3, -0.25) is 4.79 Å². The van der Waals surface area contributed by atoms with Crippen molar-refractivity contribution in [2.45, 2.75) is 90.3 Å². The Morgan fingerprint density at radius 3 is 2.18 bits per heavy atom. The maximum absolute atomic E-state index is 13.9. The molecule has 13 heteroatoms. The fourth-order valence-corrected chi connectivity index (χ4v) is 6.21. The first-order valence-corrected chi connectivity index (χ1v) is 17.7. The number of benzene rings is 2. The Morgan fingerprint density at radius 2 is 1.60 bits per heavy atom. The molecule has 4 aromatic rings. The van der Waals surface area contributed by atoms with Gasteiger partial charge < -0.3 is 35.1 Å². The van der Waals surface area contributed by atoms with Crippen molar-refractivity contribution in [3.05, 3.63) is 106 Å². The van der Waals surface area contributed by atoms with E-state index in [-0.39, 0.29) is 24.9 Å². The van der Waals surface area contributed by atoms with Crippen molar-refractivity contribution >= 4 is 29.4 Å². The summed E-state index contributed by atoms with van der Waals surface area (Å²) in [7, 11) is 1.67. The lowest BCUT2D eigenvalue weighted by Gasteiger charge is -2.30. The summed E-state index contributed by atoms with van der Waals surface area (Å²) in [5, 5.41) is 23.4. The minimum absolute atomic E-state index is 0.112. The first kappa shape index (κ1) is 38.1. The second-order valence-electron chi connectivity index (χ2n) is 13.0. The van der Waals surface area contributed by atoms with E-state index in [1.54, 1.807) is 18.4 Å². The number of carbonyl (C=O) groups is 3. The van der Waals surface area contributed by atoms with Crippen LogP contribution in [-0.2, 0) is 35.5 Å². The molecule has 4 N–H and O–H groups in total. The number of carbonyl (C=O) groups excluding carboxylic acids is 3. The van der Waals surface area contributed by atoms with Gasteiger partial charge in [0.25, 0.3) is 0 Å². The Balaban J connectivity index is 1.46. The number of aromatic nitrogens is 2. The molecule has 0 saturated carbocycles. The molecule has 2 aromatic carbocycles. The van der Waals surface area contributed by atoms with Crippen molar-refractivity contribution in [3.8, 4) is 0 Å². The van der Waals surface area contributed by atoms with E-state index in [0.717, 1.165) is 21.8 Å². The highest BCUT2D eigenvalue weighted by Crippen LogP contribution is 2.20. The van der Waals surface area contributed by atoms with Gasteiger partial charge >= 0.3 is 12.1 Å². The molecule has 268 valence electrons. The zero-order chi connectivity index (χ0) is 36.0. The van der Waals surface area contributed by atoms with Gasteiger partial charge in [-0.1, -0.05) is 88.4 Å². The van der Waals surface area contributed by atoms with Crippen LogP contribution in [0, 0.1) is 5.92 Å². The average Bonchev–Trinajstić information content (AvgIpc) is 3.79. The predicted octanol–water partition coefficient (Wildman–Crippen LogP) is 5.44. The molecule has 0 bridgehead atoms. The number of aliphatic hydroxyl groups is 1. The minimum Gasteiger partial charge on any atom is -0.445 e. The highest BCUT2D eigenvalue weighted by Gasteiger charge is 2.31. The molecule has 0 radical (unpaired) electrons. The fraction of sp³-hybridized carbons (Fsp3) is 0.432. The molecule has 0 saturated heterocycles. The van der Waals surface area contributed by atoms with Gasteiger partial charge in [-0.15, -0.1) is 11.3 Å². The van der Waals surface area contributed by atoms with Crippen molar-refractivity contribution < 1.29 is 28.6 Å². The maximum Gasteiger partial charge on any atom is 0.407 e. The van der Waals surface area contributed by atoms with Crippen LogP contribution in [0.2, 0.25) is 0 Å². The Labute approximate surface area is 297 Å². The third-order valence-electron chi connectivity index (χ3n) is 8.13. The Kier molecular flexibility index (Phi) is 14.4. The lowest BCUT2D eigenvalue weighted by Crippen LogP contribution is -2.55. The number of hydrogen-bond acceptors (Lipinski definition) is 9. The molecule has 50 heavy (non-hydrogen) atoms. The fourth-order valence-electron chi connectivity index (χ4n) is 5.39. The molecule has 4 amide bonds. The van der Waals surface area contributed by atoms with E-state index in [1.165, 1.54) is 17.5 Å². The molecule has 4 rings (SSSR count). The molecule has 0 spiro atoms. The lowest BCUT2D eigenvalue weighted by atomic mass is 9.93. The number of nitrogens with one attached hydrogen (secondary N) is 3. The van der Waals surface area contributed by atoms with Crippen LogP contribution < -0.4 is 16.0 Å². The molecular weight excluding hydrogens is 657 g/mol. The van der Waals surface area contributed by atoms with Crippen LogP contribution in [0.4, 0.5) is 9.59 Å². The molecule has 0 aliphatic carbocycles. The van der Waals surface area contributed by atoms with Gasteiger partial charge in [-0.2, -0.15) is 0 Å². The van der Waals surface area contributed by atoms with Gasteiger partial charge in [0.2, 0.25) is 5.91 Å². The monoisotopic (exact) mass is 704 g/mol. The predicted molar refractivity (Wildman–Crippen MR) is 191 cm³/mol. The molecule has 0 fully saturated rings. The number of aliphatic hydroxyl groups excluding tert-OH is 1. The molecule has 3 unspecified atom stereocenters. The zero-order valence-corrected chi connectivity index (χ0v) is 30.1. The van der Waals surface area contributed by atoms with Crippen LogP contribution in [0.1, 0.15) is 67.6 Å². The van der Waals surface area contributed by atoms with E-state index in [4.69, 9.17) is 9.15 Å². The van der Waals surface area contributed by atoms with Gasteiger partial charge in [0, 0.05) is 24.4 Å². The van der Waals surface area contributed by atoms with Crippen LogP contribution in [0.25, 0.3) is 0 Å². The van der Waals surface area contributed by atoms with Crippen molar-refractivity contribution in [1.29, 1.82) is 0 Å². The van der Waals surface area contributed by atoms with Crippen LogP contribution in [0.3, 0.4) is 0 Å². The summed E-state index contributed by atoms with van der Waals surface area (Å²) in [4.78, 5) is 49.9. The number of urea groups is 1. The molecule has 0 aliphatic rings. The van der Waals surface area contributed by atoms with E-state index in [2.05, 4.69) is 39.8 Å². The smallest absolute Gasteiger partial charge is 0.407 e. The quantitative estimate of drug-likeness (QED) is 0.113. The number of oxazole rings is 1. The number of ether oxygens (including phenoxy) is 1. The Hall–Kier alpha value is -4.75. The lowest BCUT2D eigenvalue weighted by molar-refractivity contribution is -0.124. The Morgan fingerprint density at radius 1 is 0.940 bits per heavy atom. The topological polar surface area (TPSA) is 159 Å². The van der Waals surface area contributed by atoms with Gasteiger partial charge in [0.15, 0.2) is 18.8 Å². The standard InChI is InChI=1S/C37H48N6O6S/c1-24(2)33(42-36(46)43(5)20-29-22-50-35(40-29)25(3)4)34(45)39-28(16-26-12-8-6-9-13-26)18-32(44)31(17-27-14-10-7-11-15-27)41-37(47)48-21-30-19-38-23-49-30/h6-15,19,22-25,28,31-33,44H,16-18,20-21H2,1-5H3,(H,39,45)(H,41,47)(H,42,46)/t28?,31?,32?,33-/m0/s1. The number of hydrogen-bond donors (Lipinski definition) is 4. The van der Waals surface area contributed by atoms with Crippen LogP contribution in [0.15, 0.2) is 83.1 Å². The summed E-state index contributed by atoms with van der Waals surface area (Å²) in [5.41, 5.74) is 2.65. The summed E-state index contributed by atoms with van der Waals surface area (Å²) in [6.07, 6.45) is 1.75. The van der Waals surface area contributed by atoms with Crippen molar-refractivity contribution in [2.75, 3.05) is 7.05 Å². The van der Waals surface area contributed by atoms with Crippen LogP contribution >= 0.6 is 11.3 Å². The normalized spacial score (nSPS) is 13.7. The molecule has 12 nitrogen and oxygen atoms in total. The summed E-state index contributed by atoms with van der Waals surface area (Å²) < 4.78 is 10.5. The summed E-state index contributed by atoms with van der Waals surface area (Å²) in [6.45, 7) is 8.07. The SMILES string of the molecule is CC(C)c1nc(CN(C)C(=O)N[C@H](C(=O)NC(Cc2ccccc2)CC(O)C(Cc2ccccc2)NC(=O)OCc2cnco2)C(C)C)cs1. The highest BCUT2D eigenvalue weighted by molar-refractivity contribution is 7.09. The van der Waals surface area contributed by atoms with Gasteiger partial charge in [-0.25, -0.2) is 19.6 Å². The van der Waals surface area contributed by atoms with Gasteiger partial charge in [0.1, 0.15) is 6.04 Å². The van der Waals surface area contributed by atoms with E-state index < -0.39 is 36.4 Å². The van der Waals surface area contributed by atoms with Gasteiger partial charge in [-0.05, 0) is 36.3 Å². The van der Waals surface area contributed by atoms with Crippen LogP contribution in [0.5, 0.6) is 0 Å². The number of thiazole rings is 1. The maximum atomic E-state index is 13.9. The summed E-state index contributed by atoms with van der Waals surface area (Å²) in [5.74, 6) is 0.0812. The highest BCUT2D eigenvalue weighted by atomic mass is 32.1. The number of rotatable bonds is 17. The van der Waals surface area contributed by atoms with Crippen LogP contribution in [-0.4, -0.2) is 69.3 Å². The van der Waals surface area contributed by atoms with E-state index >= 15 is 0 Å². The first-order valence-electron chi connectivity index (χ1n) is 16.8. The second kappa shape index (κ2) is 18.9. The molecule has 4 atom stereocenters. The summed E-state index contributed by atoms with van der Waals surface area (Å²) >= 11 is 1.56. The number of amides is 4. The minimum atomic E-state index is -1.07. The second-order valence-corrected chi connectivity index (χ2v) is 13.9. The first-order chi connectivity index (χ1) is 24.0. The number of nitrogens with zero attached hydrogens (tertiary/aromatic N) is 3. The van der Waals surface area contributed by atoms with E-state index in [0.29, 0.717) is 31.1 Å². The van der Waals surface area contributed by atoms with Crippen molar-refractivity contribution in [2.24, 2.45) is 5.92 Å². The number of alkyl carbamates (subject to hydrolysis) is 1. The zero-order valence-electron chi connectivity index (χ0n) is 29.2. The molecule has 2 heterocycles. The van der Waals surface area contributed by atoms with Crippen molar-refractivity contribution in [1.82, 2.24) is 30.8 Å². The third kappa shape index (κ3) is 12.0. The van der Waals surface area contributed by atoms with E-state index in [1.807, 2.05) is 79.9 Å². The third-order valence-corrected chi connectivity index (χ3v) is 9.32. The van der Waals surface area contributed by atoms with Gasteiger partial charge in [0.05, 0.1) is 35.6 Å². The van der Waals surface area contributed by atoms with Crippen molar-refractivity contribution in [3.63, 3.8) is 0 Å². The largest absolute Gasteiger partial charge is 0.445 e. The summed E-state index contributed by atoms with van der Waals surface area (Å²) in [6, 6.07) is 16.6. The Bertz CT molecular complexity index is 1620. The molecule has 2 aromatic heterocycles. The molecule has 0 aliphatic heterocycles. The average molecular weight is 705 g/mol.